The zero-order valence-electron chi connectivity index (χ0n) is 11.4. The summed E-state index contributed by atoms with van der Waals surface area (Å²) in [4.78, 5) is 13.7. The van der Waals surface area contributed by atoms with E-state index >= 15 is 0 Å². The van der Waals surface area contributed by atoms with Gasteiger partial charge in [0, 0.05) is 12.7 Å². The molecule has 2 nitrogen and oxygen atoms in total. The fourth-order valence-electron chi connectivity index (χ4n) is 2.02. The van der Waals surface area contributed by atoms with Crippen LogP contribution in [0.3, 0.4) is 0 Å². The number of hydrogen-bond donors (Lipinski definition) is 0. The number of carbonyl (C=O) groups excluding carboxylic acids is 1. The summed E-state index contributed by atoms with van der Waals surface area (Å²) < 4.78 is 27.1. The molecule has 0 atom stereocenters. The number of halogens is 2. The Kier molecular flexibility index (Phi) is 4.13. The maximum Gasteiger partial charge on any atom is 0.187 e. The normalized spacial score (nSPS) is 10.4. The van der Waals surface area contributed by atoms with Gasteiger partial charge in [-0.2, -0.15) is 0 Å². The van der Waals surface area contributed by atoms with Gasteiger partial charge in [-0.1, -0.05) is 18.2 Å². The Labute approximate surface area is 116 Å². The number of nitrogens with zero attached hydrogens (tertiary/aromatic N) is 1. The number of benzene rings is 2. The number of ketones is 1. The molecular weight excluding hydrogens is 260 g/mol. The average molecular weight is 275 g/mol. The van der Waals surface area contributed by atoms with Crippen molar-refractivity contribution in [2.75, 3.05) is 18.5 Å². The van der Waals surface area contributed by atoms with Crippen molar-refractivity contribution in [2.24, 2.45) is 0 Å². The highest BCUT2D eigenvalue weighted by Crippen LogP contribution is 2.17. The van der Waals surface area contributed by atoms with Gasteiger partial charge < -0.3 is 4.90 Å². The minimum absolute atomic E-state index is 0.0820. The molecule has 0 saturated heterocycles. The van der Waals surface area contributed by atoms with Crippen molar-refractivity contribution in [3.63, 3.8) is 0 Å². The SMILES string of the molecule is Cc1cccc(N(C)CC(=O)c2c(F)cccc2F)c1. The smallest absolute Gasteiger partial charge is 0.187 e. The first-order valence-electron chi connectivity index (χ1n) is 6.24. The lowest BCUT2D eigenvalue weighted by Gasteiger charge is -2.19. The van der Waals surface area contributed by atoms with Crippen molar-refractivity contribution < 1.29 is 13.6 Å². The molecular formula is C16H15F2NO. The van der Waals surface area contributed by atoms with Crippen molar-refractivity contribution >= 4 is 11.5 Å². The predicted molar refractivity (Wildman–Crippen MR) is 75.1 cm³/mol. The zero-order valence-corrected chi connectivity index (χ0v) is 11.4. The van der Waals surface area contributed by atoms with Crippen molar-refractivity contribution in [2.45, 2.75) is 6.92 Å². The van der Waals surface area contributed by atoms with E-state index in [1.165, 1.54) is 6.07 Å². The molecule has 4 heteroatoms. The summed E-state index contributed by atoms with van der Waals surface area (Å²) in [7, 11) is 1.71. The minimum atomic E-state index is -0.826. The summed E-state index contributed by atoms with van der Waals surface area (Å²) in [6.07, 6.45) is 0. The van der Waals surface area contributed by atoms with Crippen LogP contribution in [0.15, 0.2) is 42.5 Å². The summed E-state index contributed by atoms with van der Waals surface area (Å²) >= 11 is 0. The number of anilines is 1. The fourth-order valence-corrected chi connectivity index (χ4v) is 2.02. The number of carbonyl (C=O) groups is 1. The van der Waals surface area contributed by atoms with E-state index in [0.717, 1.165) is 23.4 Å². The summed E-state index contributed by atoms with van der Waals surface area (Å²) in [5.41, 5.74) is 1.40. The van der Waals surface area contributed by atoms with Crippen LogP contribution in [0.1, 0.15) is 15.9 Å². The number of rotatable bonds is 4. The van der Waals surface area contributed by atoms with Crippen LogP contribution < -0.4 is 4.90 Å². The first kappa shape index (κ1) is 14.2. The topological polar surface area (TPSA) is 20.3 Å². The van der Waals surface area contributed by atoms with Crippen molar-refractivity contribution in [1.29, 1.82) is 0 Å². The monoisotopic (exact) mass is 275 g/mol. The van der Waals surface area contributed by atoms with E-state index in [4.69, 9.17) is 0 Å². The van der Waals surface area contributed by atoms with Crippen LogP contribution in [0.2, 0.25) is 0 Å². The molecule has 0 N–H and O–H groups in total. The molecule has 104 valence electrons. The first-order valence-corrected chi connectivity index (χ1v) is 6.24. The van der Waals surface area contributed by atoms with Gasteiger partial charge in [0.1, 0.15) is 11.6 Å². The molecule has 0 spiro atoms. The van der Waals surface area contributed by atoms with Crippen LogP contribution in [0.25, 0.3) is 0 Å². The highest BCUT2D eigenvalue weighted by molar-refractivity contribution is 5.99. The Morgan fingerprint density at radius 1 is 1.10 bits per heavy atom. The third kappa shape index (κ3) is 3.02. The first-order chi connectivity index (χ1) is 9.49. The van der Waals surface area contributed by atoms with E-state index in [1.807, 2.05) is 31.2 Å². The zero-order chi connectivity index (χ0) is 14.7. The molecule has 2 aromatic carbocycles. The van der Waals surface area contributed by atoms with Gasteiger partial charge in [-0.05, 0) is 36.8 Å². The largest absolute Gasteiger partial charge is 0.367 e. The van der Waals surface area contributed by atoms with E-state index in [9.17, 15) is 13.6 Å². The third-order valence-corrected chi connectivity index (χ3v) is 3.06. The van der Waals surface area contributed by atoms with Crippen LogP contribution in [0, 0.1) is 18.6 Å². The van der Waals surface area contributed by atoms with Gasteiger partial charge in [0.25, 0.3) is 0 Å². The standard InChI is InChI=1S/C16H15F2NO/c1-11-5-3-6-12(9-11)19(2)10-15(20)16-13(17)7-4-8-14(16)18/h3-9H,10H2,1-2H3. The highest BCUT2D eigenvalue weighted by Gasteiger charge is 2.18. The molecule has 0 aliphatic heterocycles. The molecule has 0 amide bonds. The summed E-state index contributed by atoms with van der Waals surface area (Å²) in [5, 5.41) is 0. The Bertz CT molecular complexity index is 620. The molecule has 0 saturated carbocycles. The lowest BCUT2D eigenvalue weighted by molar-refractivity contribution is 0.0992. The molecule has 0 aromatic heterocycles. The third-order valence-electron chi connectivity index (χ3n) is 3.06. The van der Waals surface area contributed by atoms with Crippen LogP contribution in [-0.2, 0) is 0 Å². The van der Waals surface area contributed by atoms with E-state index in [-0.39, 0.29) is 6.54 Å². The van der Waals surface area contributed by atoms with E-state index in [2.05, 4.69) is 0 Å². The lowest BCUT2D eigenvalue weighted by atomic mass is 10.1. The quantitative estimate of drug-likeness (QED) is 0.795. The predicted octanol–water partition coefficient (Wildman–Crippen LogP) is 3.59. The molecule has 2 aromatic rings. The number of likely N-dealkylation sites (N-methyl/N-ethyl adjacent to an activating group) is 1. The van der Waals surface area contributed by atoms with Crippen molar-refractivity contribution in [3.8, 4) is 0 Å². The number of aryl methyl sites for hydroxylation is 1. The molecule has 20 heavy (non-hydrogen) atoms. The molecule has 0 radical (unpaired) electrons. The van der Waals surface area contributed by atoms with Crippen LogP contribution in [0.5, 0.6) is 0 Å². The number of Topliss-reactive ketones (excluding diaryl/α,β-unsaturated/α-hetero) is 1. The molecule has 2 rings (SSSR count). The molecule has 0 aliphatic rings. The van der Waals surface area contributed by atoms with E-state index in [1.54, 1.807) is 11.9 Å². The lowest BCUT2D eigenvalue weighted by Crippen LogP contribution is -2.26. The van der Waals surface area contributed by atoms with Gasteiger partial charge in [0.2, 0.25) is 0 Å². The van der Waals surface area contributed by atoms with Crippen LogP contribution >= 0.6 is 0 Å². The summed E-state index contributed by atoms with van der Waals surface area (Å²) in [6, 6.07) is 11.0. The average Bonchev–Trinajstić information content (AvgIpc) is 2.38. The van der Waals surface area contributed by atoms with Crippen LogP contribution in [0.4, 0.5) is 14.5 Å². The van der Waals surface area contributed by atoms with E-state index in [0.29, 0.717) is 0 Å². The van der Waals surface area contributed by atoms with Gasteiger partial charge in [0.15, 0.2) is 5.78 Å². The highest BCUT2D eigenvalue weighted by atomic mass is 19.1. The number of hydrogen-bond acceptors (Lipinski definition) is 2. The van der Waals surface area contributed by atoms with Crippen molar-refractivity contribution in [1.82, 2.24) is 0 Å². The van der Waals surface area contributed by atoms with Gasteiger partial charge >= 0.3 is 0 Å². The van der Waals surface area contributed by atoms with Gasteiger partial charge in [0.05, 0.1) is 12.1 Å². The maximum absolute atomic E-state index is 13.5. The molecule has 0 fully saturated rings. The maximum atomic E-state index is 13.5. The minimum Gasteiger partial charge on any atom is -0.367 e. The molecule has 0 heterocycles. The second-order valence-corrected chi connectivity index (χ2v) is 4.71. The second-order valence-electron chi connectivity index (χ2n) is 4.71. The Balaban J connectivity index is 2.20. The second kappa shape index (κ2) is 5.82. The van der Waals surface area contributed by atoms with Gasteiger partial charge in [-0.3, -0.25) is 4.79 Å². The van der Waals surface area contributed by atoms with Crippen LogP contribution in [-0.4, -0.2) is 19.4 Å². The van der Waals surface area contributed by atoms with E-state index < -0.39 is 23.0 Å². The van der Waals surface area contributed by atoms with Crippen molar-refractivity contribution in [3.05, 3.63) is 65.2 Å². The molecule has 0 aliphatic carbocycles. The Morgan fingerprint density at radius 2 is 1.70 bits per heavy atom. The fraction of sp³-hybridized carbons (Fsp3) is 0.188. The molecule has 0 unspecified atom stereocenters. The summed E-state index contributed by atoms with van der Waals surface area (Å²) in [6.45, 7) is 1.86. The van der Waals surface area contributed by atoms with Gasteiger partial charge in [-0.25, -0.2) is 8.78 Å². The molecule has 0 bridgehead atoms. The Morgan fingerprint density at radius 3 is 2.30 bits per heavy atom. The van der Waals surface area contributed by atoms with Gasteiger partial charge in [-0.15, -0.1) is 0 Å². The Hall–Kier alpha value is -2.23. The summed E-state index contributed by atoms with van der Waals surface area (Å²) in [5.74, 6) is -2.23.